The molecule has 5 rings (SSSR count). The summed E-state index contributed by atoms with van der Waals surface area (Å²) < 4.78 is 16.4. The van der Waals surface area contributed by atoms with Gasteiger partial charge in [0.2, 0.25) is 0 Å². The molecule has 2 aliphatic heterocycles. The van der Waals surface area contributed by atoms with E-state index in [0.717, 1.165) is 29.9 Å². The van der Waals surface area contributed by atoms with Crippen LogP contribution in [0.3, 0.4) is 0 Å². The number of fused-ring (bicyclic) bond motifs is 3. The Balaban J connectivity index is 1.59. The van der Waals surface area contributed by atoms with Crippen LogP contribution in [0.25, 0.3) is 11.4 Å². The van der Waals surface area contributed by atoms with E-state index in [2.05, 4.69) is 9.55 Å². The molecule has 1 aromatic carbocycles. The monoisotopic (exact) mass is 433 g/mol. The SMILES string of the molecule is CN(C)C(=O)c1nc(-c2ccccc2)n2c1C[C@@H]1CC[C@H](C2)N1C(=O)c1ncccc1F. The lowest BCUT2D eigenvalue weighted by atomic mass is 10.0. The van der Waals surface area contributed by atoms with Crippen molar-refractivity contribution < 1.29 is 14.0 Å². The third-order valence-corrected chi connectivity index (χ3v) is 6.35. The van der Waals surface area contributed by atoms with Gasteiger partial charge in [-0.05, 0) is 25.0 Å². The van der Waals surface area contributed by atoms with Crippen LogP contribution in [0, 0.1) is 5.82 Å². The Labute approximate surface area is 185 Å². The molecule has 32 heavy (non-hydrogen) atoms. The standard InChI is InChI=1S/C24H24FN5O2/c1-28(2)23(31)21-19-13-16-10-11-17(30(16)24(32)20-18(25)9-6-12-26-20)14-29(19)22(27-21)15-7-4-3-5-8-15/h3-9,12,16-17H,10-11,13-14H2,1-2H3/t16-,17+/m0/s1. The number of carbonyl (C=O) groups excluding carboxylic acids is 2. The van der Waals surface area contributed by atoms with Crippen LogP contribution in [0.4, 0.5) is 4.39 Å². The summed E-state index contributed by atoms with van der Waals surface area (Å²) in [5, 5.41) is 0. The van der Waals surface area contributed by atoms with Crippen LogP contribution in [0.15, 0.2) is 48.7 Å². The second-order valence-electron chi connectivity index (χ2n) is 8.54. The highest BCUT2D eigenvalue weighted by atomic mass is 19.1. The smallest absolute Gasteiger partial charge is 0.276 e. The number of amides is 2. The number of aromatic nitrogens is 3. The molecule has 0 unspecified atom stereocenters. The lowest BCUT2D eigenvalue weighted by Crippen LogP contribution is -2.42. The molecule has 8 heteroatoms. The number of hydrogen-bond donors (Lipinski definition) is 0. The maximum absolute atomic E-state index is 14.3. The highest BCUT2D eigenvalue weighted by Crippen LogP contribution is 2.36. The van der Waals surface area contributed by atoms with Crippen molar-refractivity contribution in [3.05, 3.63) is 71.6 Å². The zero-order valence-corrected chi connectivity index (χ0v) is 18.0. The fourth-order valence-electron chi connectivity index (χ4n) is 4.85. The zero-order valence-electron chi connectivity index (χ0n) is 18.0. The summed E-state index contributed by atoms with van der Waals surface area (Å²) in [6.45, 7) is 0.504. The van der Waals surface area contributed by atoms with Crippen molar-refractivity contribution in [2.75, 3.05) is 14.1 Å². The van der Waals surface area contributed by atoms with Gasteiger partial charge in [-0.3, -0.25) is 9.59 Å². The molecule has 2 atom stereocenters. The molecule has 0 aliphatic carbocycles. The second kappa shape index (κ2) is 7.85. The number of halogens is 1. The minimum absolute atomic E-state index is 0.117. The Kier molecular flexibility index (Phi) is 5.00. The van der Waals surface area contributed by atoms with Gasteiger partial charge in [0.05, 0.1) is 11.7 Å². The molecule has 0 radical (unpaired) electrons. The van der Waals surface area contributed by atoms with E-state index in [4.69, 9.17) is 4.98 Å². The molecule has 2 bridgehead atoms. The molecule has 0 saturated carbocycles. The first kappa shape index (κ1) is 20.4. The van der Waals surface area contributed by atoms with Gasteiger partial charge in [-0.1, -0.05) is 30.3 Å². The van der Waals surface area contributed by atoms with Crippen LogP contribution in [0.2, 0.25) is 0 Å². The Morgan fingerprint density at radius 1 is 1.03 bits per heavy atom. The molecule has 0 spiro atoms. The Morgan fingerprint density at radius 2 is 1.78 bits per heavy atom. The van der Waals surface area contributed by atoms with Crippen molar-refractivity contribution in [1.29, 1.82) is 0 Å². The second-order valence-corrected chi connectivity index (χ2v) is 8.54. The molecule has 1 fully saturated rings. The van der Waals surface area contributed by atoms with Crippen LogP contribution in [-0.2, 0) is 13.0 Å². The maximum atomic E-state index is 14.3. The van der Waals surface area contributed by atoms with Gasteiger partial charge < -0.3 is 14.4 Å². The van der Waals surface area contributed by atoms with E-state index in [9.17, 15) is 14.0 Å². The van der Waals surface area contributed by atoms with Crippen molar-refractivity contribution in [3.8, 4) is 11.4 Å². The van der Waals surface area contributed by atoms with Gasteiger partial charge in [-0.2, -0.15) is 0 Å². The minimum atomic E-state index is -0.615. The summed E-state index contributed by atoms with van der Waals surface area (Å²) >= 11 is 0. The van der Waals surface area contributed by atoms with E-state index in [1.165, 1.54) is 23.2 Å². The highest BCUT2D eigenvalue weighted by Gasteiger charge is 2.43. The number of imidazole rings is 1. The lowest BCUT2D eigenvalue weighted by Gasteiger charge is -2.28. The maximum Gasteiger partial charge on any atom is 0.276 e. The lowest BCUT2D eigenvalue weighted by molar-refractivity contribution is 0.0654. The van der Waals surface area contributed by atoms with Gasteiger partial charge in [-0.15, -0.1) is 0 Å². The normalized spacial score (nSPS) is 19.4. The van der Waals surface area contributed by atoms with Crippen LogP contribution in [-0.4, -0.2) is 62.3 Å². The number of carbonyl (C=O) groups is 2. The summed E-state index contributed by atoms with van der Waals surface area (Å²) in [5.41, 5.74) is 2.01. The molecule has 1 saturated heterocycles. The summed E-state index contributed by atoms with van der Waals surface area (Å²) in [4.78, 5) is 38.3. The van der Waals surface area contributed by atoms with Crippen LogP contribution in [0.5, 0.6) is 0 Å². The van der Waals surface area contributed by atoms with E-state index in [-0.39, 0.29) is 23.7 Å². The summed E-state index contributed by atoms with van der Waals surface area (Å²) in [6.07, 6.45) is 3.54. The fraction of sp³-hybridized carbons (Fsp3) is 0.333. The van der Waals surface area contributed by atoms with E-state index < -0.39 is 11.7 Å². The molecule has 164 valence electrons. The molecular formula is C24H24FN5O2. The Hall–Kier alpha value is -3.55. The van der Waals surface area contributed by atoms with Gasteiger partial charge in [0.1, 0.15) is 11.5 Å². The molecule has 3 aromatic rings. The average Bonchev–Trinajstić information content (AvgIpc) is 3.29. The van der Waals surface area contributed by atoms with Crippen molar-refractivity contribution >= 4 is 11.8 Å². The van der Waals surface area contributed by atoms with Crippen LogP contribution < -0.4 is 0 Å². The largest absolute Gasteiger partial charge is 0.343 e. The number of hydrogen-bond acceptors (Lipinski definition) is 4. The van der Waals surface area contributed by atoms with Gasteiger partial charge in [0.25, 0.3) is 11.8 Å². The van der Waals surface area contributed by atoms with Crippen LogP contribution in [0.1, 0.15) is 39.5 Å². The fourth-order valence-corrected chi connectivity index (χ4v) is 4.85. The number of benzene rings is 1. The molecule has 0 N–H and O–H groups in total. The Bertz CT molecular complexity index is 1190. The van der Waals surface area contributed by atoms with Gasteiger partial charge >= 0.3 is 0 Å². The first-order valence-corrected chi connectivity index (χ1v) is 10.8. The predicted molar refractivity (Wildman–Crippen MR) is 117 cm³/mol. The zero-order chi connectivity index (χ0) is 22.4. The molecule has 2 aliphatic rings. The molecular weight excluding hydrogens is 409 g/mol. The summed E-state index contributed by atoms with van der Waals surface area (Å²) in [7, 11) is 3.41. The number of rotatable bonds is 3. The van der Waals surface area contributed by atoms with E-state index in [1.54, 1.807) is 19.0 Å². The predicted octanol–water partition coefficient (Wildman–Crippen LogP) is 3.02. The third kappa shape index (κ3) is 3.26. The topological polar surface area (TPSA) is 71.3 Å². The van der Waals surface area contributed by atoms with Crippen LogP contribution >= 0.6 is 0 Å². The third-order valence-electron chi connectivity index (χ3n) is 6.35. The highest BCUT2D eigenvalue weighted by molar-refractivity contribution is 5.95. The first-order chi connectivity index (χ1) is 15.5. The number of nitrogens with zero attached hydrogens (tertiary/aromatic N) is 5. The molecule has 4 heterocycles. The van der Waals surface area contributed by atoms with Crippen molar-refractivity contribution in [1.82, 2.24) is 24.3 Å². The molecule has 7 nitrogen and oxygen atoms in total. The van der Waals surface area contributed by atoms with E-state index >= 15 is 0 Å². The summed E-state index contributed by atoms with van der Waals surface area (Å²) in [5.74, 6) is -0.455. The Morgan fingerprint density at radius 3 is 2.50 bits per heavy atom. The van der Waals surface area contributed by atoms with E-state index in [1.807, 2.05) is 30.3 Å². The van der Waals surface area contributed by atoms with Crippen molar-refractivity contribution in [2.45, 2.75) is 37.9 Å². The first-order valence-electron chi connectivity index (χ1n) is 10.8. The summed E-state index contributed by atoms with van der Waals surface area (Å²) in [6, 6.07) is 12.2. The van der Waals surface area contributed by atoms with Gasteiger partial charge in [-0.25, -0.2) is 14.4 Å². The average molecular weight is 433 g/mol. The van der Waals surface area contributed by atoms with Crippen molar-refractivity contribution in [3.63, 3.8) is 0 Å². The molecule has 2 amide bonds. The van der Waals surface area contributed by atoms with Gasteiger partial charge in [0, 0.05) is 44.9 Å². The minimum Gasteiger partial charge on any atom is -0.343 e. The quantitative estimate of drug-likeness (QED) is 0.637. The number of pyridine rings is 1. The van der Waals surface area contributed by atoms with Gasteiger partial charge in [0.15, 0.2) is 11.5 Å². The molecule has 2 aromatic heterocycles. The van der Waals surface area contributed by atoms with Crippen molar-refractivity contribution in [2.24, 2.45) is 0 Å². The van der Waals surface area contributed by atoms with E-state index in [0.29, 0.717) is 18.7 Å².